The van der Waals surface area contributed by atoms with E-state index in [1.54, 1.807) is 0 Å². The van der Waals surface area contributed by atoms with Crippen molar-refractivity contribution in [1.82, 2.24) is 10.6 Å². The Morgan fingerprint density at radius 3 is 2.26 bits per heavy atom. The predicted octanol–water partition coefficient (Wildman–Crippen LogP) is 2.89. The first-order chi connectivity index (χ1) is 8.99. The van der Waals surface area contributed by atoms with Crippen molar-refractivity contribution < 1.29 is 4.79 Å². The first kappa shape index (κ1) is 15.7. The number of carbonyl (C=O) groups is 1. The minimum Gasteiger partial charge on any atom is -0.353 e. The summed E-state index contributed by atoms with van der Waals surface area (Å²) in [5.41, 5.74) is 1.24. The van der Waals surface area contributed by atoms with E-state index in [1.165, 1.54) is 5.56 Å². The second kappa shape index (κ2) is 7.95. The summed E-state index contributed by atoms with van der Waals surface area (Å²) in [5, 5.41) is 6.26. The molecule has 0 unspecified atom stereocenters. The lowest BCUT2D eigenvalue weighted by atomic mass is 9.97. The highest BCUT2D eigenvalue weighted by atomic mass is 16.1. The molecule has 0 saturated heterocycles. The molecule has 0 heterocycles. The van der Waals surface area contributed by atoms with Crippen LogP contribution < -0.4 is 10.6 Å². The fourth-order valence-corrected chi connectivity index (χ4v) is 2.08. The summed E-state index contributed by atoms with van der Waals surface area (Å²) in [4.78, 5) is 11.7. The molecule has 1 rings (SSSR count). The lowest BCUT2D eigenvalue weighted by Gasteiger charge is -2.21. The minimum absolute atomic E-state index is 0.0553. The van der Waals surface area contributed by atoms with Gasteiger partial charge >= 0.3 is 0 Å². The van der Waals surface area contributed by atoms with Crippen molar-refractivity contribution >= 4 is 5.91 Å². The van der Waals surface area contributed by atoms with Crippen LogP contribution >= 0.6 is 0 Å². The highest BCUT2D eigenvalue weighted by Gasteiger charge is 2.14. The fraction of sp³-hybridized carbons (Fsp3) is 0.562. The minimum atomic E-state index is 0.0553. The highest BCUT2D eigenvalue weighted by Crippen LogP contribution is 2.20. The van der Waals surface area contributed by atoms with Crippen LogP contribution in [0.1, 0.15) is 45.7 Å². The molecular weight excluding hydrogens is 236 g/mol. The molecule has 0 bridgehead atoms. The maximum atomic E-state index is 11.7. The summed E-state index contributed by atoms with van der Waals surface area (Å²) in [6, 6.07) is 10.7. The van der Waals surface area contributed by atoms with Gasteiger partial charge in [0.15, 0.2) is 0 Å². The summed E-state index contributed by atoms with van der Waals surface area (Å²) in [6.07, 6.45) is 1.03. The molecule has 0 saturated carbocycles. The third kappa shape index (κ3) is 6.39. The number of hydrogen-bond acceptors (Lipinski definition) is 2. The van der Waals surface area contributed by atoms with Crippen LogP contribution in [-0.4, -0.2) is 18.5 Å². The Kier molecular flexibility index (Phi) is 6.57. The molecule has 106 valence electrons. The predicted molar refractivity (Wildman–Crippen MR) is 79.9 cm³/mol. The summed E-state index contributed by atoms with van der Waals surface area (Å²) in [6.45, 7) is 8.71. The van der Waals surface area contributed by atoms with Gasteiger partial charge in [0, 0.05) is 12.1 Å². The zero-order valence-corrected chi connectivity index (χ0v) is 12.4. The van der Waals surface area contributed by atoms with Crippen molar-refractivity contribution in [2.75, 3.05) is 6.54 Å². The second-order valence-electron chi connectivity index (χ2n) is 5.70. The Bertz CT molecular complexity index is 374. The Balaban J connectivity index is 2.58. The van der Waals surface area contributed by atoms with E-state index in [9.17, 15) is 4.79 Å². The van der Waals surface area contributed by atoms with E-state index < -0.39 is 0 Å². The van der Waals surface area contributed by atoms with E-state index >= 15 is 0 Å². The van der Waals surface area contributed by atoms with E-state index in [0.717, 1.165) is 6.42 Å². The first-order valence-electron chi connectivity index (χ1n) is 7.06. The molecule has 0 spiro atoms. The third-order valence-corrected chi connectivity index (χ3v) is 2.87. The number of nitrogens with one attached hydrogen (secondary N) is 2. The quantitative estimate of drug-likeness (QED) is 0.793. The number of rotatable bonds is 7. The van der Waals surface area contributed by atoms with Crippen LogP contribution in [0, 0.1) is 5.92 Å². The number of hydrogen-bond donors (Lipinski definition) is 2. The van der Waals surface area contributed by atoms with E-state index in [4.69, 9.17) is 0 Å². The second-order valence-corrected chi connectivity index (χ2v) is 5.70. The van der Waals surface area contributed by atoms with Crippen LogP contribution in [0.15, 0.2) is 30.3 Å². The van der Waals surface area contributed by atoms with Crippen LogP contribution in [-0.2, 0) is 4.79 Å². The highest BCUT2D eigenvalue weighted by molar-refractivity contribution is 5.78. The van der Waals surface area contributed by atoms with Gasteiger partial charge in [-0.2, -0.15) is 0 Å². The van der Waals surface area contributed by atoms with Gasteiger partial charge in [0.25, 0.3) is 0 Å². The van der Waals surface area contributed by atoms with Gasteiger partial charge in [-0.05, 0) is 31.7 Å². The molecule has 19 heavy (non-hydrogen) atoms. The maximum absolute atomic E-state index is 11.7. The normalized spacial score (nSPS) is 12.7. The van der Waals surface area contributed by atoms with Gasteiger partial charge in [-0.15, -0.1) is 0 Å². The van der Waals surface area contributed by atoms with Crippen molar-refractivity contribution in [2.24, 2.45) is 5.92 Å². The lowest BCUT2D eigenvalue weighted by Crippen LogP contribution is -2.39. The Labute approximate surface area is 116 Å². The molecule has 0 aliphatic carbocycles. The van der Waals surface area contributed by atoms with Gasteiger partial charge in [-0.25, -0.2) is 0 Å². The molecule has 0 fully saturated rings. The topological polar surface area (TPSA) is 41.1 Å². The van der Waals surface area contributed by atoms with Crippen LogP contribution in [0.4, 0.5) is 0 Å². The lowest BCUT2D eigenvalue weighted by molar-refractivity contribution is -0.120. The molecule has 1 aromatic carbocycles. The molecule has 3 nitrogen and oxygen atoms in total. The largest absolute Gasteiger partial charge is 0.353 e. The molecule has 3 heteroatoms. The molecule has 0 aromatic heterocycles. The molecular formula is C16H26N2O. The smallest absolute Gasteiger partial charge is 0.234 e. The standard InChI is InChI=1S/C16H26N2O/c1-12(2)10-15(14-8-6-5-7-9-14)17-11-16(19)18-13(3)4/h5-9,12-13,15,17H,10-11H2,1-4H3,(H,18,19)/t15-/m1/s1. The number of benzene rings is 1. The fourth-order valence-electron chi connectivity index (χ4n) is 2.08. The maximum Gasteiger partial charge on any atom is 0.234 e. The van der Waals surface area contributed by atoms with Crippen molar-refractivity contribution in [2.45, 2.75) is 46.2 Å². The molecule has 1 atom stereocenters. The van der Waals surface area contributed by atoms with E-state index in [-0.39, 0.29) is 18.0 Å². The van der Waals surface area contributed by atoms with Crippen molar-refractivity contribution in [3.63, 3.8) is 0 Å². The average molecular weight is 262 g/mol. The Morgan fingerprint density at radius 2 is 1.74 bits per heavy atom. The van der Waals surface area contributed by atoms with Gasteiger partial charge in [0.05, 0.1) is 6.54 Å². The molecule has 2 N–H and O–H groups in total. The molecule has 1 aromatic rings. The van der Waals surface area contributed by atoms with Gasteiger partial charge in [0.2, 0.25) is 5.91 Å². The van der Waals surface area contributed by atoms with Gasteiger partial charge in [-0.3, -0.25) is 4.79 Å². The number of amides is 1. The van der Waals surface area contributed by atoms with Gasteiger partial charge in [-0.1, -0.05) is 44.2 Å². The van der Waals surface area contributed by atoms with E-state index in [1.807, 2.05) is 32.0 Å². The van der Waals surface area contributed by atoms with Crippen molar-refractivity contribution in [3.8, 4) is 0 Å². The van der Waals surface area contributed by atoms with Crippen LogP contribution in [0.3, 0.4) is 0 Å². The molecule has 0 radical (unpaired) electrons. The Hall–Kier alpha value is -1.35. The zero-order valence-electron chi connectivity index (χ0n) is 12.4. The first-order valence-corrected chi connectivity index (χ1v) is 7.06. The van der Waals surface area contributed by atoms with Crippen LogP contribution in [0.5, 0.6) is 0 Å². The monoisotopic (exact) mass is 262 g/mol. The molecule has 0 aliphatic rings. The summed E-state index contributed by atoms with van der Waals surface area (Å²) < 4.78 is 0. The SMILES string of the molecule is CC(C)C[C@@H](NCC(=O)NC(C)C)c1ccccc1. The third-order valence-electron chi connectivity index (χ3n) is 2.87. The molecule has 1 amide bonds. The van der Waals surface area contributed by atoms with E-state index in [0.29, 0.717) is 12.5 Å². The number of carbonyl (C=O) groups excluding carboxylic acids is 1. The summed E-state index contributed by atoms with van der Waals surface area (Å²) >= 11 is 0. The van der Waals surface area contributed by atoms with Crippen LogP contribution in [0.25, 0.3) is 0 Å². The average Bonchev–Trinajstić information content (AvgIpc) is 2.34. The summed E-state index contributed by atoms with van der Waals surface area (Å²) in [7, 11) is 0. The van der Waals surface area contributed by atoms with Gasteiger partial charge in [0.1, 0.15) is 0 Å². The zero-order chi connectivity index (χ0) is 14.3. The molecule has 0 aliphatic heterocycles. The van der Waals surface area contributed by atoms with Gasteiger partial charge < -0.3 is 10.6 Å². The van der Waals surface area contributed by atoms with Crippen molar-refractivity contribution in [3.05, 3.63) is 35.9 Å². The van der Waals surface area contributed by atoms with Crippen molar-refractivity contribution in [1.29, 1.82) is 0 Å². The van der Waals surface area contributed by atoms with E-state index in [2.05, 4.69) is 36.6 Å². The summed E-state index contributed by atoms with van der Waals surface area (Å²) in [5.74, 6) is 0.644. The van der Waals surface area contributed by atoms with Crippen LogP contribution in [0.2, 0.25) is 0 Å². The Morgan fingerprint density at radius 1 is 1.11 bits per heavy atom.